The minimum absolute atomic E-state index is 0.0823. The van der Waals surface area contributed by atoms with Crippen LogP contribution in [-0.4, -0.2) is 11.7 Å². The van der Waals surface area contributed by atoms with Crippen molar-refractivity contribution in [3.05, 3.63) is 65.2 Å². The van der Waals surface area contributed by atoms with Gasteiger partial charge in [-0.2, -0.15) is 0 Å². The standard InChI is InChI=1S/C19H23NOS/c1-4-18(16-11-10-14(2)15(3)12-16)20-19(21)13-22-17-8-6-5-7-9-17/h5-12,18H,4,13H2,1-3H3,(H,20,21). The maximum absolute atomic E-state index is 12.2. The monoisotopic (exact) mass is 313 g/mol. The van der Waals surface area contributed by atoms with Crippen LogP contribution in [0.5, 0.6) is 0 Å². The van der Waals surface area contributed by atoms with Gasteiger partial charge in [0.15, 0.2) is 0 Å². The predicted octanol–water partition coefficient (Wildman–Crippen LogP) is 4.66. The lowest BCUT2D eigenvalue weighted by molar-refractivity contribution is -0.119. The van der Waals surface area contributed by atoms with Crippen molar-refractivity contribution in [2.45, 2.75) is 38.1 Å². The van der Waals surface area contributed by atoms with Crippen LogP contribution in [0.25, 0.3) is 0 Å². The first-order chi connectivity index (χ1) is 10.6. The highest BCUT2D eigenvalue weighted by Crippen LogP contribution is 2.21. The Labute approximate surface area is 137 Å². The van der Waals surface area contributed by atoms with Crippen LogP contribution in [0.4, 0.5) is 0 Å². The normalized spacial score (nSPS) is 12.0. The molecule has 0 spiro atoms. The molecule has 0 saturated heterocycles. The summed E-state index contributed by atoms with van der Waals surface area (Å²) in [7, 11) is 0. The number of benzene rings is 2. The van der Waals surface area contributed by atoms with Gasteiger partial charge < -0.3 is 5.32 Å². The molecule has 0 aromatic heterocycles. The third-order valence-electron chi connectivity index (χ3n) is 3.79. The van der Waals surface area contributed by atoms with E-state index in [0.717, 1.165) is 11.3 Å². The number of hydrogen-bond donors (Lipinski definition) is 1. The van der Waals surface area contributed by atoms with Gasteiger partial charge in [0, 0.05) is 4.90 Å². The zero-order valence-corrected chi connectivity index (χ0v) is 14.2. The van der Waals surface area contributed by atoms with Crippen LogP contribution >= 0.6 is 11.8 Å². The molecule has 0 aliphatic rings. The molecular weight excluding hydrogens is 290 g/mol. The van der Waals surface area contributed by atoms with Crippen LogP contribution in [0.1, 0.15) is 36.1 Å². The van der Waals surface area contributed by atoms with Gasteiger partial charge in [0.25, 0.3) is 0 Å². The van der Waals surface area contributed by atoms with E-state index in [1.54, 1.807) is 11.8 Å². The van der Waals surface area contributed by atoms with Crippen molar-refractivity contribution in [1.29, 1.82) is 0 Å². The minimum Gasteiger partial charge on any atom is -0.349 e. The Morgan fingerprint density at radius 3 is 2.45 bits per heavy atom. The van der Waals surface area contributed by atoms with Crippen molar-refractivity contribution in [3.63, 3.8) is 0 Å². The topological polar surface area (TPSA) is 29.1 Å². The zero-order valence-electron chi connectivity index (χ0n) is 13.4. The number of nitrogens with one attached hydrogen (secondary N) is 1. The van der Waals surface area contributed by atoms with E-state index in [1.807, 2.05) is 30.3 Å². The lowest BCUT2D eigenvalue weighted by Gasteiger charge is -2.18. The molecular formula is C19H23NOS. The van der Waals surface area contributed by atoms with Crippen LogP contribution in [0.15, 0.2) is 53.4 Å². The Morgan fingerprint density at radius 1 is 1.09 bits per heavy atom. The van der Waals surface area contributed by atoms with Gasteiger partial charge in [0.1, 0.15) is 0 Å². The Bertz CT molecular complexity index is 625. The van der Waals surface area contributed by atoms with Gasteiger partial charge in [0.05, 0.1) is 11.8 Å². The van der Waals surface area contributed by atoms with E-state index in [1.165, 1.54) is 16.7 Å². The molecule has 0 radical (unpaired) electrons. The van der Waals surface area contributed by atoms with Gasteiger partial charge >= 0.3 is 0 Å². The second-order valence-corrected chi connectivity index (χ2v) is 6.52. The smallest absolute Gasteiger partial charge is 0.230 e. The maximum Gasteiger partial charge on any atom is 0.230 e. The van der Waals surface area contributed by atoms with Crippen molar-refractivity contribution >= 4 is 17.7 Å². The van der Waals surface area contributed by atoms with E-state index < -0.39 is 0 Å². The summed E-state index contributed by atoms with van der Waals surface area (Å²) in [5.74, 6) is 0.532. The van der Waals surface area contributed by atoms with Gasteiger partial charge in [-0.05, 0) is 49.1 Å². The molecule has 1 atom stereocenters. The molecule has 1 N–H and O–H groups in total. The van der Waals surface area contributed by atoms with Crippen molar-refractivity contribution in [2.24, 2.45) is 0 Å². The summed E-state index contributed by atoms with van der Waals surface area (Å²) in [5, 5.41) is 3.14. The molecule has 0 aliphatic carbocycles. The fourth-order valence-corrected chi connectivity index (χ4v) is 3.03. The second-order valence-electron chi connectivity index (χ2n) is 5.47. The maximum atomic E-state index is 12.2. The highest BCUT2D eigenvalue weighted by Gasteiger charge is 2.13. The summed E-state index contributed by atoms with van der Waals surface area (Å²) in [4.78, 5) is 13.3. The molecule has 0 aliphatic heterocycles. The van der Waals surface area contributed by atoms with Crippen LogP contribution in [0.2, 0.25) is 0 Å². The highest BCUT2D eigenvalue weighted by atomic mass is 32.2. The number of thioether (sulfide) groups is 1. The van der Waals surface area contributed by atoms with Gasteiger partial charge in [-0.15, -0.1) is 11.8 Å². The quantitative estimate of drug-likeness (QED) is 0.786. The molecule has 0 bridgehead atoms. The fraction of sp³-hybridized carbons (Fsp3) is 0.316. The summed E-state index contributed by atoms with van der Waals surface area (Å²) >= 11 is 1.57. The number of rotatable bonds is 6. The van der Waals surface area contributed by atoms with Crippen molar-refractivity contribution in [1.82, 2.24) is 5.32 Å². The third kappa shape index (κ3) is 4.63. The summed E-state index contributed by atoms with van der Waals surface area (Å²) < 4.78 is 0. The van der Waals surface area contributed by atoms with Gasteiger partial charge in [-0.25, -0.2) is 0 Å². The fourth-order valence-electron chi connectivity index (χ4n) is 2.30. The van der Waals surface area contributed by atoms with Gasteiger partial charge in [-0.3, -0.25) is 4.79 Å². The number of carbonyl (C=O) groups is 1. The zero-order chi connectivity index (χ0) is 15.9. The van der Waals surface area contributed by atoms with E-state index in [0.29, 0.717) is 5.75 Å². The van der Waals surface area contributed by atoms with Crippen molar-refractivity contribution < 1.29 is 4.79 Å². The molecule has 116 valence electrons. The number of aryl methyl sites for hydroxylation is 2. The molecule has 2 rings (SSSR count). The lowest BCUT2D eigenvalue weighted by Crippen LogP contribution is -2.29. The molecule has 2 aromatic carbocycles. The van der Waals surface area contributed by atoms with Crippen LogP contribution in [0.3, 0.4) is 0 Å². The molecule has 22 heavy (non-hydrogen) atoms. The van der Waals surface area contributed by atoms with Crippen LogP contribution in [0, 0.1) is 13.8 Å². The SMILES string of the molecule is CCC(NC(=O)CSc1ccccc1)c1ccc(C)c(C)c1. The van der Waals surface area contributed by atoms with E-state index in [-0.39, 0.29) is 11.9 Å². The molecule has 2 nitrogen and oxygen atoms in total. The number of amides is 1. The van der Waals surface area contributed by atoms with Crippen LogP contribution < -0.4 is 5.32 Å². The Hall–Kier alpha value is -1.74. The molecule has 2 aromatic rings. The van der Waals surface area contributed by atoms with E-state index in [2.05, 4.69) is 44.3 Å². The minimum atomic E-state index is 0.0823. The van der Waals surface area contributed by atoms with E-state index in [9.17, 15) is 4.79 Å². The van der Waals surface area contributed by atoms with Crippen molar-refractivity contribution in [2.75, 3.05) is 5.75 Å². The number of hydrogen-bond acceptors (Lipinski definition) is 2. The van der Waals surface area contributed by atoms with Crippen molar-refractivity contribution in [3.8, 4) is 0 Å². The second kappa shape index (κ2) is 8.04. The first kappa shape index (κ1) is 16.6. The van der Waals surface area contributed by atoms with Gasteiger partial charge in [0.2, 0.25) is 5.91 Å². The Kier molecular flexibility index (Phi) is 6.08. The molecule has 3 heteroatoms. The average Bonchev–Trinajstić information content (AvgIpc) is 2.54. The highest BCUT2D eigenvalue weighted by molar-refractivity contribution is 8.00. The number of carbonyl (C=O) groups excluding carboxylic acids is 1. The Morgan fingerprint density at radius 2 is 1.82 bits per heavy atom. The lowest BCUT2D eigenvalue weighted by atomic mass is 9.99. The summed E-state index contributed by atoms with van der Waals surface area (Å²) in [6.45, 7) is 6.32. The summed E-state index contributed by atoms with van der Waals surface area (Å²) in [5.41, 5.74) is 3.73. The molecule has 1 unspecified atom stereocenters. The average molecular weight is 313 g/mol. The molecule has 0 heterocycles. The van der Waals surface area contributed by atoms with Crippen LogP contribution in [-0.2, 0) is 4.79 Å². The first-order valence-electron chi connectivity index (χ1n) is 7.64. The molecule has 0 fully saturated rings. The third-order valence-corrected chi connectivity index (χ3v) is 4.80. The van der Waals surface area contributed by atoms with Gasteiger partial charge in [-0.1, -0.05) is 43.3 Å². The first-order valence-corrected chi connectivity index (χ1v) is 8.63. The largest absolute Gasteiger partial charge is 0.349 e. The van der Waals surface area contributed by atoms with E-state index in [4.69, 9.17) is 0 Å². The molecule has 1 amide bonds. The summed E-state index contributed by atoms with van der Waals surface area (Å²) in [6.07, 6.45) is 0.893. The summed E-state index contributed by atoms with van der Waals surface area (Å²) in [6, 6.07) is 16.5. The Balaban J connectivity index is 1.94. The van der Waals surface area contributed by atoms with E-state index >= 15 is 0 Å². The molecule has 0 saturated carbocycles. The predicted molar refractivity (Wildman–Crippen MR) is 94.3 cm³/mol.